The van der Waals surface area contributed by atoms with Crippen molar-refractivity contribution in [1.82, 2.24) is 19.9 Å². The summed E-state index contributed by atoms with van der Waals surface area (Å²) in [6.45, 7) is 1.56. The molecule has 0 radical (unpaired) electrons. The van der Waals surface area contributed by atoms with Crippen LogP contribution in [0.2, 0.25) is 0 Å². The predicted molar refractivity (Wildman–Crippen MR) is 119 cm³/mol. The van der Waals surface area contributed by atoms with Gasteiger partial charge in [0.1, 0.15) is 11.5 Å². The van der Waals surface area contributed by atoms with Crippen molar-refractivity contribution in [1.29, 1.82) is 0 Å². The molecule has 32 heavy (non-hydrogen) atoms. The zero-order valence-corrected chi connectivity index (χ0v) is 17.7. The lowest BCUT2D eigenvalue weighted by Gasteiger charge is -2.32. The molecule has 0 saturated carbocycles. The van der Waals surface area contributed by atoms with Crippen molar-refractivity contribution in [3.05, 3.63) is 59.3 Å². The molecule has 0 bridgehead atoms. The number of alkyl halides is 3. The Bertz CT molecular complexity index is 1210. The molecule has 0 atom stereocenters. The first kappa shape index (κ1) is 20.6. The number of aromatic nitrogens is 4. The molecule has 5 heterocycles. The molecule has 1 N–H and O–H groups in total. The normalized spacial score (nSPS) is 15.3. The first-order valence-corrected chi connectivity index (χ1v) is 11.1. The molecule has 1 aliphatic heterocycles. The van der Waals surface area contributed by atoms with Crippen molar-refractivity contribution in [2.75, 3.05) is 23.3 Å². The lowest BCUT2D eigenvalue weighted by molar-refractivity contribution is -0.140. The number of anilines is 2. The summed E-state index contributed by atoms with van der Waals surface area (Å²) in [7, 11) is 0. The van der Waals surface area contributed by atoms with Crippen molar-refractivity contribution in [2.24, 2.45) is 0 Å². The Hall–Kier alpha value is -3.27. The highest BCUT2D eigenvalue weighted by molar-refractivity contribution is 7.08. The topological polar surface area (TPSA) is 66.8 Å². The molecule has 4 aromatic rings. The molecule has 4 aromatic heterocycles. The van der Waals surface area contributed by atoms with E-state index in [-0.39, 0.29) is 6.04 Å². The summed E-state index contributed by atoms with van der Waals surface area (Å²) >= 11 is 1.48. The standard InChI is InChI=1S/C22H19F3N6S/c23-22(24,25)18-3-2-16-19(30-18)17(14-6-11-32-13-14)12-28-20(16)29-15-4-9-31(10-5-15)21-26-7-1-8-27-21/h1-3,6-8,11-13,15H,4-5,9-10H2,(H,28,29). The first-order valence-electron chi connectivity index (χ1n) is 10.2. The maximum Gasteiger partial charge on any atom is 0.433 e. The van der Waals surface area contributed by atoms with E-state index in [2.05, 4.69) is 30.2 Å². The maximum absolute atomic E-state index is 13.3. The van der Waals surface area contributed by atoms with Gasteiger partial charge in [-0.2, -0.15) is 24.5 Å². The van der Waals surface area contributed by atoms with E-state index >= 15 is 0 Å². The number of thiophene rings is 1. The van der Waals surface area contributed by atoms with Crippen LogP contribution in [0.15, 0.2) is 53.6 Å². The average molecular weight is 456 g/mol. The van der Waals surface area contributed by atoms with Crippen LogP contribution in [0.5, 0.6) is 0 Å². The van der Waals surface area contributed by atoms with E-state index in [0.29, 0.717) is 28.2 Å². The second kappa shape index (κ2) is 8.34. The van der Waals surface area contributed by atoms with Gasteiger partial charge in [-0.05, 0) is 53.4 Å². The van der Waals surface area contributed by atoms with Crippen LogP contribution in [0.4, 0.5) is 24.9 Å². The van der Waals surface area contributed by atoms with E-state index in [9.17, 15) is 13.2 Å². The summed E-state index contributed by atoms with van der Waals surface area (Å²) in [5.41, 5.74) is 0.789. The van der Waals surface area contributed by atoms with Gasteiger partial charge in [-0.15, -0.1) is 0 Å². The number of rotatable bonds is 4. The molecule has 0 spiro atoms. The van der Waals surface area contributed by atoms with Gasteiger partial charge in [0.2, 0.25) is 5.95 Å². The molecule has 1 aliphatic rings. The molecule has 0 aromatic carbocycles. The van der Waals surface area contributed by atoms with Crippen molar-refractivity contribution in [3.8, 4) is 11.1 Å². The molecule has 1 saturated heterocycles. The van der Waals surface area contributed by atoms with Gasteiger partial charge < -0.3 is 10.2 Å². The summed E-state index contributed by atoms with van der Waals surface area (Å²) in [4.78, 5) is 19.3. The van der Waals surface area contributed by atoms with Crippen molar-refractivity contribution in [3.63, 3.8) is 0 Å². The van der Waals surface area contributed by atoms with Crippen LogP contribution in [-0.2, 0) is 6.18 Å². The van der Waals surface area contributed by atoms with Crippen molar-refractivity contribution >= 4 is 34.0 Å². The second-order valence-corrected chi connectivity index (χ2v) is 8.36. The number of hydrogen-bond acceptors (Lipinski definition) is 7. The number of nitrogens with zero attached hydrogens (tertiary/aromatic N) is 5. The zero-order chi connectivity index (χ0) is 22.1. The Balaban J connectivity index is 1.43. The number of nitrogens with one attached hydrogen (secondary N) is 1. The minimum atomic E-state index is -4.51. The molecule has 0 unspecified atom stereocenters. The van der Waals surface area contributed by atoms with Gasteiger partial charge in [0.25, 0.3) is 0 Å². The third-order valence-electron chi connectivity index (χ3n) is 5.52. The van der Waals surface area contributed by atoms with E-state index in [1.807, 2.05) is 16.8 Å². The van der Waals surface area contributed by atoms with Crippen LogP contribution in [0.25, 0.3) is 22.0 Å². The SMILES string of the molecule is FC(F)(F)c1ccc2c(NC3CCN(c4ncccn4)CC3)ncc(-c3ccsc3)c2n1. The highest BCUT2D eigenvalue weighted by Crippen LogP contribution is 2.35. The van der Waals surface area contributed by atoms with Gasteiger partial charge in [-0.25, -0.2) is 19.9 Å². The highest BCUT2D eigenvalue weighted by atomic mass is 32.1. The van der Waals surface area contributed by atoms with Crippen LogP contribution < -0.4 is 10.2 Å². The largest absolute Gasteiger partial charge is 0.433 e. The molecular formula is C22H19F3N6S. The summed E-state index contributed by atoms with van der Waals surface area (Å²) < 4.78 is 40.0. The fourth-order valence-corrected chi connectivity index (χ4v) is 4.54. The van der Waals surface area contributed by atoms with Crippen LogP contribution in [0, 0.1) is 0 Å². The molecule has 164 valence electrons. The van der Waals surface area contributed by atoms with Crippen molar-refractivity contribution in [2.45, 2.75) is 25.1 Å². The number of fused-ring (bicyclic) bond motifs is 1. The summed E-state index contributed by atoms with van der Waals surface area (Å²) in [5.74, 6) is 1.26. The smallest absolute Gasteiger partial charge is 0.367 e. The third-order valence-corrected chi connectivity index (χ3v) is 6.20. The predicted octanol–water partition coefficient (Wildman–Crippen LogP) is 5.25. The Morgan fingerprint density at radius 3 is 2.50 bits per heavy atom. The van der Waals surface area contributed by atoms with E-state index in [1.165, 1.54) is 17.4 Å². The lowest BCUT2D eigenvalue weighted by atomic mass is 10.0. The molecule has 6 nitrogen and oxygen atoms in total. The molecule has 5 rings (SSSR count). The summed E-state index contributed by atoms with van der Waals surface area (Å²) in [6, 6.07) is 6.26. The number of hydrogen-bond donors (Lipinski definition) is 1. The molecule has 0 aliphatic carbocycles. The fourth-order valence-electron chi connectivity index (χ4n) is 3.89. The Morgan fingerprint density at radius 1 is 1.03 bits per heavy atom. The first-order chi connectivity index (χ1) is 15.5. The Morgan fingerprint density at radius 2 is 1.81 bits per heavy atom. The quantitative estimate of drug-likeness (QED) is 0.453. The van der Waals surface area contributed by atoms with Gasteiger partial charge >= 0.3 is 6.18 Å². The van der Waals surface area contributed by atoms with Crippen LogP contribution in [0.1, 0.15) is 18.5 Å². The Labute approximate surface area is 186 Å². The van der Waals surface area contributed by atoms with Crippen LogP contribution in [0.3, 0.4) is 0 Å². The Kier molecular flexibility index (Phi) is 5.38. The zero-order valence-electron chi connectivity index (χ0n) is 16.9. The molecule has 1 fully saturated rings. The third kappa shape index (κ3) is 4.10. The monoisotopic (exact) mass is 456 g/mol. The molecule has 0 amide bonds. The van der Waals surface area contributed by atoms with Crippen LogP contribution in [-0.4, -0.2) is 39.1 Å². The molecular weight excluding hydrogens is 437 g/mol. The minimum Gasteiger partial charge on any atom is -0.367 e. The van der Waals surface area contributed by atoms with Gasteiger partial charge in [0.15, 0.2) is 0 Å². The van der Waals surface area contributed by atoms with E-state index in [1.54, 1.807) is 24.7 Å². The number of piperidine rings is 1. The number of pyridine rings is 2. The van der Waals surface area contributed by atoms with Crippen LogP contribution >= 0.6 is 11.3 Å². The van der Waals surface area contributed by atoms with E-state index in [0.717, 1.165) is 37.6 Å². The minimum absolute atomic E-state index is 0.139. The summed E-state index contributed by atoms with van der Waals surface area (Å²) in [6.07, 6.45) is 2.21. The average Bonchev–Trinajstić information content (AvgIpc) is 3.34. The lowest BCUT2D eigenvalue weighted by Crippen LogP contribution is -2.40. The van der Waals surface area contributed by atoms with E-state index < -0.39 is 11.9 Å². The molecule has 10 heteroatoms. The highest BCUT2D eigenvalue weighted by Gasteiger charge is 2.33. The van der Waals surface area contributed by atoms with Gasteiger partial charge in [0.05, 0.1) is 5.52 Å². The maximum atomic E-state index is 13.3. The summed E-state index contributed by atoms with van der Waals surface area (Å²) in [5, 5.41) is 7.77. The van der Waals surface area contributed by atoms with Gasteiger partial charge in [-0.1, -0.05) is 0 Å². The van der Waals surface area contributed by atoms with Crippen molar-refractivity contribution < 1.29 is 13.2 Å². The fraction of sp³-hybridized carbons (Fsp3) is 0.273. The second-order valence-electron chi connectivity index (χ2n) is 7.58. The van der Waals surface area contributed by atoms with Gasteiger partial charge in [-0.3, -0.25) is 0 Å². The number of halogens is 3. The van der Waals surface area contributed by atoms with E-state index in [4.69, 9.17) is 0 Å². The van der Waals surface area contributed by atoms with Gasteiger partial charge in [0, 0.05) is 48.7 Å².